The molecule has 4 heteroatoms. The first kappa shape index (κ1) is 9.15. The van der Waals surface area contributed by atoms with E-state index in [1.54, 1.807) is 12.4 Å². The van der Waals surface area contributed by atoms with E-state index in [2.05, 4.69) is 31.2 Å². The highest BCUT2D eigenvalue weighted by Gasteiger charge is 1.95. The average Bonchev–Trinajstić information content (AvgIpc) is 2.19. The third-order valence-corrected chi connectivity index (χ3v) is 2.14. The van der Waals surface area contributed by atoms with E-state index >= 15 is 0 Å². The van der Waals surface area contributed by atoms with Gasteiger partial charge in [0.05, 0.1) is 0 Å². The van der Waals surface area contributed by atoms with Gasteiger partial charge in [-0.25, -0.2) is 9.97 Å². The first-order valence-electron chi connectivity index (χ1n) is 4.14. The van der Waals surface area contributed by atoms with E-state index in [0.717, 1.165) is 16.1 Å². The zero-order chi connectivity index (χ0) is 9.80. The second-order valence-electron chi connectivity index (χ2n) is 2.70. The molecule has 0 aliphatic rings. The van der Waals surface area contributed by atoms with Gasteiger partial charge in [0.25, 0.3) is 0 Å². The molecule has 0 saturated carbocycles. The SMILES string of the molecule is Brc1ccnc(Nc2ccccn2)c1. The number of nitrogens with zero attached hydrogens (tertiary/aromatic N) is 2. The topological polar surface area (TPSA) is 37.8 Å². The number of aromatic nitrogens is 2. The van der Waals surface area contributed by atoms with E-state index in [-0.39, 0.29) is 0 Å². The Balaban J connectivity index is 2.19. The molecule has 1 N–H and O–H groups in total. The summed E-state index contributed by atoms with van der Waals surface area (Å²) in [6, 6.07) is 9.47. The highest BCUT2D eigenvalue weighted by atomic mass is 79.9. The van der Waals surface area contributed by atoms with Crippen LogP contribution in [0.15, 0.2) is 47.2 Å². The molecular formula is C10H8BrN3. The Morgan fingerprint density at radius 2 is 1.86 bits per heavy atom. The maximum atomic E-state index is 4.15. The fourth-order valence-corrected chi connectivity index (χ4v) is 1.38. The third kappa shape index (κ3) is 2.29. The van der Waals surface area contributed by atoms with Crippen molar-refractivity contribution >= 4 is 27.6 Å². The lowest BCUT2D eigenvalue weighted by Crippen LogP contribution is -1.94. The molecule has 0 fully saturated rings. The van der Waals surface area contributed by atoms with Crippen molar-refractivity contribution in [2.24, 2.45) is 0 Å². The zero-order valence-corrected chi connectivity index (χ0v) is 8.90. The molecule has 0 radical (unpaired) electrons. The summed E-state index contributed by atoms with van der Waals surface area (Å²) < 4.78 is 0.992. The maximum absolute atomic E-state index is 4.15. The molecular weight excluding hydrogens is 242 g/mol. The van der Waals surface area contributed by atoms with Gasteiger partial charge in [-0.3, -0.25) is 0 Å². The zero-order valence-electron chi connectivity index (χ0n) is 7.31. The summed E-state index contributed by atoms with van der Waals surface area (Å²) in [7, 11) is 0. The van der Waals surface area contributed by atoms with Crippen molar-refractivity contribution in [1.82, 2.24) is 9.97 Å². The van der Waals surface area contributed by atoms with Crippen molar-refractivity contribution in [2.75, 3.05) is 5.32 Å². The lowest BCUT2D eigenvalue weighted by atomic mass is 10.4. The lowest BCUT2D eigenvalue weighted by Gasteiger charge is -2.03. The number of anilines is 2. The Morgan fingerprint density at radius 1 is 1.00 bits per heavy atom. The van der Waals surface area contributed by atoms with E-state index in [4.69, 9.17) is 0 Å². The predicted octanol–water partition coefficient (Wildman–Crippen LogP) is 2.98. The maximum Gasteiger partial charge on any atom is 0.132 e. The van der Waals surface area contributed by atoms with Crippen LogP contribution in [0.4, 0.5) is 11.6 Å². The Hall–Kier alpha value is -1.42. The Kier molecular flexibility index (Phi) is 2.74. The van der Waals surface area contributed by atoms with Crippen LogP contribution in [0.25, 0.3) is 0 Å². The second-order valence-corrected chi connectivity index (χ2v) is 3.61. The monoisotopic (exact) mass is 249 g/mol. The fraction of sp³-hybridized carbons (Fsp3) is 0. The molecule has 0 bridgehead atoms. The number of halogens is 1. The molecule has 2 aromatic heterocycles. The number of nitrogens with one attached hydrogen (secondary N) is 1. The van der Waals surface area contributed by atoms with Gasteiger partial charge < -0.3 is 5.32 Å². The van der Waals surface area contributed by atoms with Gasteiger partial charge in [-0.15, -0.1) is 0 Å². The molecule has 2 rings (SSSR count). The number of rotatable bonds is 2. The van der Waals surface area contributed by atoms with E-state index in [0.29, 0.717) is 0 Å². The molecule has 0 unspecified atom stereocenters. The van der Waals surface area contributed by atoms with Crippen molar-refractivity contribution in [1.29, 1.82) is 0 Å². The first-order chi connectivity index (χ1) is 6.84. The van der Waals surface area contributed by atoms with Gasteiger partial charge in [0.1, 0.15) is 11.6 Å². The molecule has 0 atom stereocenters. The molecule has 0 aliphatic carbocycles. The molecule has 0 aromatic carbocycles. The van der Waals surface area contributed by atoms with Crippen LogP contribution in [-0.2, 0) is 0 Å². The molecule has 14 heavy (non-hydrogen) atoms. The summed E-state index contributed by atoms with van der Waals surface area (Å²) >= 11 is 3.38. The van der Waals surface area contributed by atoms with Crippen molar-refractivity contribution in [3.05, 3.63) is 47.2 Å². The van der Waals surface area contributed by atoms with Crippen LogP contribution < -0.4 is 5.32 Å². The lowest BCUT2D eigenvalue weighted by molar-refractivity contribution is 1.25. The summed E-state index contributed by atoms with van der Waals surface area (Å²) in [6.45, 7) is 0. The number of pyridine rings is 2. The molecule has 0 amide bonds. The number of hydrogen-bond acceptors (Lipinski definition) is 3. The summed E-state index contributed by atoms with van der Waals surface area (Å²) in [4.78, 5) is 8.29. The van der Waals surface area contributed by atoms with Gasteiger partial charge >= 0.3 is 0 Å². The van der Waals surface area contributed by atoms with Crippen molar-refractivity contribution in [3.8, 4) is 0 Å². The quantitative estimate of drug-likeness (QED) is 0.890. The van der Waals surface area contributed by atoms with Gasteiger partial charge in [-0.1, -0.05) is 22.0 Å². The highest BCUT2D eigenvalue weighted by Crippen LogP contribution is 2.15. The van der Waals surface area contributed by atoms with Gasteiger partial charge in [-0.2, -0.15) is 0 Å². The molecule has 0 saturated heterocycles. The highest BCUT2D eigenvalue weighted by molar-refractivity contribution is 9.10. The van der Waals surface area contributed by atoms with E-state index < -0.39 is 0 Å². The van der Waals surface area contributed by atoms with Crippen LogP contribution in [0.3, 0.4) is 0 Å². The summed E-state index contributed by atoms with van der Waals surface area (Å²) in [5.74, 6) is 1.57. The van der Waals surface area contributed by atoms with Gasteiger partial charge in [-0.05, 0) is 24.3 Å². The molecule has 3 nitrogen and oxygen atoms in total. The minimum Gasteiger partial charge on any atom is -0.325 e. The van der Waals surface area contributed by atoms with Crippen LogP contribution >= 0.6 is 15.9 Å². The summed E-state index contributed by atoms with van der Waals surface area (Å²) in [5, 5.41) is 3.09. The van der Waals surface area contributed by atoms with Gasteiger partial charge in [0.2, 0.25) is 0 Å². The van der Waals surface area contributed by atoms with Crippen LogP contribution in [0.5, 0.6) is 0 Å². The minimum atomic E-state index is 0.776. The smallest absolute Gasteiger partial charge is 0.132 e. The van der Waals surface area contributed by atoms with Gasteiger partial charge in [0.15, 0.2) is 0 Å². The molecule has 70 valence electrons. The van der Waals surface area contributed by atoms with E-state index in [9.17, 15) is 0 Å². The minimum absolute atomic E-state index is 0.776. The molecule has 2 heterocycles. The standard InChI is InChI=1S/C10H8BrN3/c11-8-4-6-13-10(7-8)14-9-3-1-2-5-12-9/h1-7H,(H,12,13,14). The first-order valence-corrected chi connectivity index (χ1v) is 4.93. The normalized spacial score (nSPS) is 9.79. The number of hydrogen-bond donors (Lipinski definition) is 1. The van der Waals surface area contributed by atoms with Crippen molar-refractivity contribution in [2.45, 2.75) is 0 Å². The molecule has 2 aromatic rings. The Morgan fingerprint density at radius 3 is 2.57 bits per heavy atom. The largest absolute Gasteiger partial charge is 0.325 e. The van der Waals surface area contributed by atoms with Crippen LogP contribution in [0, 0.1) is 0 Å². The predicted molar refractivity (Wildman–Crippen MR) is 59.5 cm³/mol. The van der Waals surface area contributed by atoms with E-state index in [1.165, 1.54) is 0 Å². The second kappa shape index (κ2) is 4.19. The average molecular weight is 250 g/mol. The third-order valence-electron chi connectivity index (χ3n) is 1.64. The Bertz CT molecular complexity index is 417. The van der Waals surface area contributed by atoms with E-state index in [1.807, 2.05) is 30.3 Å². The van der Waals surface area contributed by atoms with Crippen LogP contribution in [-0.4, -0.2) is 9.97 Å². The fourth-order valence-electron chi connectivity index (χ4n) is 1.04. The summed E-state index contributed by atoms with van der Waals surface area (Å²) in [6.07, 6.45) is 3.47. The summed E-state index contributed by atoms with van der Waals surface area (Å²) in [5.41, 5.74) is 0. The van der Waals surface area contributed by atoms with Crippen molar-refractivity contribution in [3.63, 3.8) is 0 Å². The van der Waals surface area contributed by atoms with Gasteiger partial charge in [0, 0.05) is 16.9 Å². The van der Waals surface area contributed by atoms with Crippen LogP contribution in [0.1, 0.15) is 0 Å². The Labute approximate surface area is 90.3 Å². The molecule has 0 spiro atoms. The molecule has 0 aliphatic heterocycles. The van der Waals surface area contributed by atoms with Crippen LogP contribution in [0.2, 0.25) is 0 Å². The van der Waals surface area contributed by atoms with Crippen molar-refractivity contribution < 1.29 is 0 Å².